The molecule has 0 aromatic rings. The van der Waals surface area contributed by atoms with Crippen molar-refractivity contribution in [1.29, 1.82) is 0 Å². The van der Waals surface area contributed by atoms with Crippen molar-refractivity contribution in [1.82, 2.24) is 5.32 Å². The third kappa shape index (κ3) is 2.73. The molecule has 3 heteroatoms. The Morgan fingerprint density at radius 3 is 2.61 bits per heavy atom. The molecule has 0 spiro atoms. The second-order valence-corrected chi connectivity index (χ2v) is 6.61. The van der Waals surface area contributed by atoms with Crippen molar-refractivity contribution in [2.24, 2.45) is 17.1 Å². The first kappa shape index (κ1) is 14.3. The fourth-order valence-corrected chi connectivity index (χ4v) is 3.62. The number of hydrogen-bond donors (Lipinski definition) is 2. The molecule has 0 heterocycles. The van der Waals surface area contributed by atoms with Gasteiger partial charge in [0.1, 0.15) is 0 Å². The molecule has 4 atom stereocenters. The highest BCUT2D eigenvalue weighted by Gasteiger charge is 2.49. The van der Waals surface area contributed by atoms with Gasteiger partial charge in [0.25, 0.3) is 0 Å². The summed E-state index contributed by atoms with van der Waals surface area (Å²) < 4.78 is 5.80. The molecule has 2 rings (SSSR count). The molecule has 0 radical (unpaired) electrons. The maximum absolute atomic E-state index is 5.91. The zero-order valence-corrected chi connectivity index (χ0v) is 12.2. The Hall–Kier alpha value is -0.120. The van der Waals surface area contributed by atoms with Crippen LogP contribution in [0.2, 0.25) is 0 Å². The quantitative estimate of drug-likeness (QED) is 0.791. The topological polar surface area (TPSA) is 47.3 Å². The molecule has 3 N–H and O–H groups in total. The second kappa shape index (κ2) is 5.89. The van der Waals surface area contributed by atoms with Crippen LogP contribution in [0.15, 0.2) is 0 Å². The Kier molecular flexibility index (Phi) is 4.68. The third-order valence-electron chi connectivity index (χ3n) is 5.17. The molecular weight excluding hydrogens is 224 g/mol. The van der Waals surface area contributed by atoms with Crippen molar-refractivity contribution >= 4 is 0 Å². The predicted octanol–water partition coefficient (Wildman–Crippen LogP) is 2.30. The van der Waals surface area contributed by atoms with Crippen LogP contribution in [0.3, 0.4) is 0 Å². The molecule has 4 unspecified atom stereocenters. The fourth-order valence-electron chi connectivity index (χ4n) is 3.62. The monoisotopic (exact) mass is 254 g/mol. The molecule has 2 saturated carbocycles. The minimum absolute atomic E-state index is 0.270. The van der Waals surface area contributed by atoms with E-state index in [4.69, 9.17) is 10.5 Å². The van der Waals surface area contributed by atoms with Gasteiger partial charge in [0.2, 0.25) is 0 Å². The van der Waals surface area contributed by atoms with Gasteiger partial charge in [-0.1, -0.05) is 26.7 Å². The van der Waals surface area contributed by atoms with Gasteiger partial charge in [0.15, 0.2) is 0 Å². The standard InChI is InChI=1S/C15H30N2O/c1-4-18-14-9-13(15(14,2)3)17-12-8-6-5-7-11(12)10-16/h11-14,17H,4-10,16H2,1-3H3. The highest BCUT2D eigenvalue weighted by atomic mass is 16.5. The van der Waals surface area contributed by atoms with Crippen molar-refractivity contribution in [2.75, 3.05) is 13.2 Å². The Bertz CT molecular complexity index is 267. The van der Waals surface area contributed by atoms with E-state index in [9.17, 15) is 0 Å². The minimum Gasteiger partial charge on any atom is -0.378 e. The lowest BCUT2D eigenvalue weighted by Gasteiger charge is -2.54. The lowest BCUT2D eigenvalue weighted by atomic mass is 9.63. The maximum atomic E-state index is 5.91. The van der Waals surface area contributed by atoms with Gasteiger partial charge < -0.3 is 15.8 Å². The summed E-state index contributed by atoms with van der Waals surface area (Å²) in [5, 5.41) is 3.87. The van der Waals surface area contributed by atoms with Gasteiger partial charge in [0.05, 0.1) is 6.10 Å². The average molecular weight is 254 g/mol. The first-order chi connectivity index (χ1) is 8.59. The van der Waals surface area contributed by atoms with Crippen molar-refractivity contribution in [3.8, 4) is 0 Å². The summed E-state index contributed by atoms with van der Waals surface area (Å²) >= 11 is 0. The zero-order chi connectivity index (χ0) is 13.2. The van der Waals surface area contributed by atoms with Crippen LogP contribution in [0.5, 0.6) is 0 Å². The predicted molar refractivity (Wildman–Crippen MR) is 75.5 cm³/mol. The zero-order valence-electron chi connectivity index (χ0n) is 12.2. The molecule has 3 nitrogen and oxygen atoms in total. The molecule has 2 aliphatic rings. The summed E-state index contributed by atoms with van der Waals surface area (Å²) in [5.41, 5.74) is 6.18. The fraction of sp³-hybridized carbons (Fsp3) is 1.00. The van der Waals surface area contributed by atoms with E-state index in [1.807, 2.05) is 0 Å². The van der Waals surface area contributed by atoms with Gasteiger partial charge in [0, 0.05) is 24.1 Å². The van der Waals surface area contributed by atoms with E-state index < -0.39 is 0 Å². The lowest BCUT2D eigenvalue weighted by molar-refractivity contribution is -0.118. The highest BCUT2D eigenvalue weighted by molar-refractivity contribution is 5.04. The molecule has 2 fully saturated rings. The molecule has 0 aliphatic heterocycles. The van der Waals surface area contributed by atoms with E-state index in [2.05, 4.69) is 26.1 Å². The summed E-state index contributed by atoms with van der Waals surface area (Å²) in [5.74, 6) is 0.681. The van der Waals surface area contributed by atoms with Gasteiger partial charge in [-0.3, -0.25) is 0 Å². The van der Waals surface area contributed by atoms with Crippen molar-refractivity contribution in [3.63, 3.8) is 0 Å². The SMILES string of the molecule is CCOC1CC(NC2CCCCC2CN)C1(C)C. The molecule has 0 aromatic carbocycles. The highest BCUT2D eigenvalue weighted by Crippen LogP contribution is 2.43. The molecule has 106 valence electrons. The van der Waals surface area contributed by atoms with Crippen LogP contribution in [0, 0.1) is 11.3 Å². The molecule has 0 bridgehead atoms. The average Bonchev–Trinajstić information content (AvgIpc) is 2.38. The largest absolute Gasteiger partial charge is 0.378 e. The molecule has 0 amide bonds. The van der Waals surface area contributed by atoms with Crippen LogP contribution < -0.4 is 11.1 Å². The molecule has 0 saturated heterocycles. The lowest BCUT2D eigenvalue weighted by Crippen LogP contribution is -2.64. The Labute approximate surface area is 112 Å². The van der Waals surface area contributed by atoms with E-state index in [0.29, 0.717) is 24.1 Å². The van der Waals surface area contributed by atoms with Crippen molar-refractivity contribution in [2.45, 2.75) is 71.1 Å². The number of nitrogens with one attached hydrogen (secondary N) is 1. The third-order valence-corrected chi connectivity index (χ3v) is 5.17. The van der Waals surface area contributed by atoms with Gasteiger partial charge in [-0.05, 0) is 38.6 Å². The molecular formula is C15H30N2O. The number of rotatable bonds is 5. The maximum Gasteiger partial charge on any atom is 0.0655 e. The number of ether oxygens (including phenoxy) is 1. The second-order valence-electron chi connectivity index (χ2n) is 6.61. The summed E-state index contributed by atoms with van der Waals surface area (Å²) in [6.07, 6.45) is 6.91. The van der Waals surface area contributed by atoms with Gasteiger partial charge in [-0.2, -0.15) is 0 Å². The number of hydrogen-bond acceptors (Lipinski definition) is 3. The van der Waals surface area contributed by atoms with Crippen molar-refractivity contribution < 1.29 is 4.74 Å². The van der Waals surface area contributed by atoms with Gasteiger partial charge in [-0.25, -0.2) is 0 Å². The van der Waals surface area contributed by atoms with E-state index in [1.165, 1.54) is 25.7 Å². The Morgan fingerprint density at radius 2 is 2.00 bits per heavy atom. The minimum atomic E-state index is 0.270. The van der Waals surface area contributed by atoms with E-state index in [-0.39, 0.29) is 5.41 Å². The van der Waals surface area contributed by atoms with E-state index in [0.717, 1.165) is 19.6 Å². The van der Waals surface area contributed by atoms with Gasteiger partial charge in [-0.15, -0.1) is 0 Å². The summed E-state index contributed by atoms with van der Waals surface area (Å²) in [6, 6.07) is 1.24. The van der Waals surface area contributed by atoms with Crippen LogP contribution in [0.1, 0.15) is 52.9 Å². The normalized spacial score (nSPS) is 39.3. The van der Waals surface area contributed by atoms with Crippen LogP contribution in [0.25, 0.3) is 0 Å². The molecule has 0 aromatic heterocycles. The van der Waals surface area contributed by atoms with Crippen LogP contribution in [0.4, 0.5) is 0 Å². The van der Waals surface area contributed by atoms with Crippen LogP contribution >= 0.6 is 0 Å². The van der Waals surface area contributed by atoms with Crippen LogP contribution in [-0.2, 0) is 4.74 Å². The first-order valence-electron chi connectivity index (χ1n) is 7.67. The van der Waals surface area contributed by atoms with E-state index >= 15 is 0 Å². The summed E-state index contributed by atoms with van der Waals surface area (Å²) in [7, 11) is 0. The van der Waals surface area contributed by atoms with Crippen LogP contribution in [-0.4, -0.2) is 31.3 Å². The summed E-state index contributed by atoms with van der Waals surface area (Å²) in [6.45, 7) is 8.40. The molecule has 18 heavy (non-hydrogen) atoms. The van der Waals surface area contributed by atoms with E-state index in [1.54, 1.807) is 0 Å². The summed E-state index contributed by atoms with van der Waals surface area (Å²) in [4.78, 5) is 0. The number of nitrogens with two attached hydrogens (primary N) is 1. The molecule has 2 aliphatic carbocycles. The Morgan fingerprint density at radius 1 is 1.28 bits per heavy atom. The van der Waals surface area contributed by atoms with Gasteiger partial charge >= 0.3 is 0 Å². The smallest absolute Gasteiger partial charge is 0.0655 e. The first-order valence-corrected chi connectivity index (χ1v) is 7.67. The van der Waals surface area contributed by atoms with Crippen molar-refractivity contribution in [3.05, 3.63) is 0 Å². The Balaban J connectivity index is 1.86.